The normalized spacial score (nSPS) is 40.8. The molecule has 0 radical (unpaired) electrons. The van der Waals surface area contributed by atoms with Crippen molar-refractivity contribution < 1.29 is 39.1 Å². The van der Waals surface area contributed by atoms with E-state index in [4.69, 9.17) is 39.1 Å². The second-order valence-corrected chi connectivity index (χ2v) is 5.06. The Bertz CT molecular complexity index is 233. The molecule has 0 saturated carbocycles. The van der Waals surface area contributed by atoms with Gasteiger partial charge in [-0.05, 0) is 25.7 Å². The highest BCUT2D eigenvalue weighted by molar-refractivity contribution is 4.53. The maximum absolute atomic E-state index is 5.21. The van der Waals surface area contributed by atoms with Crippen LogP contribution in [0.4, 0.5) is 0 Å². The monoisotopic (exact) mass is 292 g/mol. The standard InChI is InChI=1S/C12H20O8/c1-2-6-10-14-13-9(5-1)17-19-11-7-3-4-8-12(16-15-11)20-18-10/h9-12H,1-8H2. The van der Waals surface area contributed by atoms with Crippen molar-refractivity contribution >= 4 is 0 Å². The van der Waals surface area contributed by atoms with E-state index >= 15 is 0 Å². The molecule has 20 heavy (non-hydrogen) atoms. The van der Waals surface area contributed by atoms with E-state index in [2.05, 4.69) is 0 Å². The zero-order chi connectivity index (χ0) is 13.6. The van der Waals surface area contributed by atoms with Crippen molar-refractivity contribution in [3.05, 3.63) is 0 Å². The molecule has 0 aromatic heterocycles. The van der Waals surface area contributed by atoms with E-state index in [0.29, 0.717) is 25.7 Å². The smallest absolute Gasteiger partial charge is 0.199 e. The first-order valence-corrected chi connectivity index (χ1v) is 7.19. The van der Waals surface area contributed by atoms with Crippen LogP contribution in [0.3, 0.4) is 0 Å². The van der Waals surface area contributed by atoms with Crippen molar-refractivity contribution in [1.29, 1.82) is 0 Å². The third-order valence-electron chi connectivity index (χ3n) is 3.34. The van der Waals surface area contributed by atoms with Gasteiger partial charge >= 0.3 is 0 Å². The van der Waals surface area contributed by atoms with E-state index in [0.717, 1.165) is 25.7 Å². The van der Waals surface area contributed by atoms with Crippen LogP contribution in [0.25, 0.3) is 0 Å². The summed E-state index contributed by atoms with van der Waals surface area (Å²) in [6, 6.07) is 0. The van der Waals surface area contributed by atoms with E-state index < -0.39 is 25.2 Å². The van der Waals surface area contributed by atoms with Gasteiger partial charge in [0.1, 0.15) is 0 Å². The Morgan fingerprint density at radius 1 is 0.350 bits per heavy atom. The predicted octanol–water partition coefficient (Wildman–Crippen LogP) is 2.25. The summed E-state index contributed by atoms with van der Waals surface area (Å²) in [7, 11) is 0. The van der Waals surface area contributed by atoms with Gasteiger partial charge in [-0.1, -0.05) is 0 Å². The van der Waals surface area contributed by atoms with E-state index in [1.54, 1.807) is 0 Å². The zero-order valence-electron chi connectivity index (χ0n) is 11.2. The van der Waals surface area contributed by atoms with Crippen LogP contribution in [0.2, 0.25) is 0 Å². The highest BCUT2D eigenvalue weighted by Gasteiger charge is 2.28. The van der Waals surface area contributed by atoms with Gasteiger partial charge in [-0.3, -0.25) is 0 Å². The Morgan fingerprint density at radius 3 is 0.750 bits per heavy atom. The number of hydrogen-bond acceptors (Lipinski definition) is 8. The maximum atomic E-state index is 5.21. The van der Waals surface area contributed by atoms with Gasteiger partial charge in [-0.15, -0.1) is 0 Å². The summed E-state index contributed by atoms with van der Waals surface area (Å²) >= 11 is 0. The molecular formula is C12H20O8. The number of fused-ring (bicyclic) bond motifs is 6. The molecule has 8 heteroatoms. The molecule has 3 fully saturated rings. The van der Waals surface area contributed by atoms with Gasteiger partial charge < -0.3 is 0 Å². The van der Waals surface area contributed by atoms with E-state index in [-0.39, 0.29) is 0 Å². The molecule has 116 valence electrons. The molecule has 3 heterocycles. The first kappa shape index (κ1) is 14.6. The average Bonchev–Trinajstić information content (AvgIpc) is 2.40. The molecule has 0 N–H and O–H groups in total. The average molecular weight is 292 g/mol. The first-order valence-electron chi connectivity index (χ1n) is 7.19. The molecule has 0 aromatic rings. The fourth-order valence-corrected chi connectivity index (χ4v) is 2.19. The van der Waals surface area contributed by atoms with Crippen LogP contribution >= 0.6 is 0 Å². The molecule has 3 rings (SSSR count). The minimum atomic E-state index is -0.620. The molecular weight excluding hydrogens is 272 g/mol. The quantitative estimate of drug-likeness (QED) is 0.629. The first-order chi connectivity index (χ1) is 9.90. The molecule has 8 nitrogen and oxygen atoms in total. The van der Waals surface area contributed by atoms with Gasteiger partial charge in [0.25, 0.3) is 0 Å². The van der Waals surface area contributed by atoms with Crippen LogP contribution in [0, 0.1) is 0 Å². The Morgan fingerprint density at radius 2 is 0.550 bits per heavy atom. The highest BCUT2D eigenvalue weighted by Crippen LogP contribution is 2.24. The second kappa shape index (κ2) is 7.62. The van der Waals surface area contributed by atoms with Gasteiger partial charge in [0, 0.05) is 25.7 Å². The van der Waals surface area contributed by atoms with Crippen molar-refractivity contribution in [2.45, 2.75) is 76.5 Å². The molecule has 0 spiro atoms. The molecule has 3 aliphatic heterocycles. The lowest BCUT2D eigenvalue weighted by Gasteiger charge is -2.29. The molecule has 3 saturated heterocycles. The molecule has 0 amide bonds. The Balaban J connectivity index is 1.65. The van der Waals surface area contributed by atoms with Crippen LogP contribution in [0.15, 0.2) is 0 Å². The fourth-order valence-electron chi connectivity index (χ4n) is 2.19. The van der Waals surface area contributed by atoms with Crippen LogP contribution in [0.5, 0.6) is 0 Å². The topological polar surface area (TPSA) is 73.8 Å². The Kier molecular flexibility index (Phi) is 5.57. The van der Waals surface area contributed by atoms with Gasteiger partial charge in [-0.2, -0.15) is 39.1 Å². The summed E-state index contributed by atoms with van der Waals surface area (Å²) in [4.78, 5) is 41.5. The lowest BCUT2D eigenvalue weighted by Crippen LogP contribution is -2.34. The van der Waals surface area contributed by atoms with Crippen molar-refractivity contribution in [1.82, 2.24) is 0 Å². The molecule has 4 bridgehead atoms. The van der Waals surface area contributed by atoms with E-state index in [9.17, 15) is 0 Å². The maximum Gasteiger partial charge on any atom is 0.224 e. The lowest BCUT2D eigenvalue weighted by atomic mass is 10.2. The van der Waals surface area contributed by atoms with Crippen LogP contribution in [-0.4, -0.2) is 25.2 Å². The van der Waals surface area contributed by atoms with E-state index in [1.807, 2.05) is 0 Å². The lowest BCUT2D eigenvalue weighted by molar-refractivity contribution is -0.593. The SMILES string of the molecule is C1CCC2OOC(C1)OOC1CCCCC(OO1)OO2. The van der Waals surface area contributed by atoms with Crippen LogP contribution in [-0.2, 0) is 39.1 Å². The van der Waals surface area contributed by atoms with Gasteiger partial charge in [0.05, 0.1) is 0 Å². The largest absolute Gasteiger partial charge is 0.224 e. The summed E-state index contributed by atoms with van der Waals surface area (Å²) < 4.78 is 0. The van der Waals surface area contributed by atoms with Crippen molar-refractivity contribution in [3.63, 3.8) is 0 Å². The summed E-state index contributed by atoms with van der Waals surface area (Å²) in [6.07, 6.45) is 3.88. The summed E-state index contributed by atoms with van der Waals surface area (Å²) in [6.45, 7) is 0. The Hall–Kier alpha value is -0.320. The minimum absolute atomic E-state index is 0.620. The van der Waals surface area contributed by atoms with Gasteiger partial charge in [-0.25, -0.2) is 0 Å². The van der Waals surface area contributed by atoms with Crippen LogP contribution in [0.1, 0.15) is 51.4 Å². The summed E-state index contributed by atoms with van der Waals surface area (Å²) in [5.41, 5.74) is 0. The fraction of sp³-hybridized carbons (Fsp3) is 1.00. The van der Waals surface area contributed by atoms with Gasteiger partial charge in [0.15, 0.2) is 0 Å². The zero-order valence-corrected chi connectivity index (χ0v) is 11.2. The third-order valence-corrected chi connectivity index (χ3v) is 3.34. The van der Waals surface area contributed by atoms with Crippen LogP contribution < -0.4 is 0 Å². The Labute approximate surface area is 116 Å². The summed E-state index contributed by atoms with van der Waals surface area (Å²) in [5.74, 6) is 0. The molecule has 0 atom stereocenters. The van der Waals surface area contributed by atoms with Crippen molar-refractivity contribution in [2.75, 3.05) is 0 Å². The van der Waals surface area contributed by atoms with Gasteiger partial charge in [0.2, 0.25) is 25.2 Å². The molecule has 0 unspecified atom stereocenters. The third kappa shape index (κ3) is 4.34. The van der Waals surface area contributed by atoms with E-state index in [1.165, 1.54) is 0 Å². The minimum Gasteiger partial charge on any atom is -0.199 e. The van der Waals surface area contributed by atoms with Crippen molar-refractivity contribution in [2.24, 2.45) is 0 Å². The van der Waals surface area contributed by atoms with Crippen molar-refractivity contribution in [3.8, 4) is 0 Å². The number of hydrogen-bond donors (Lipinski definition) is 0. The number of rotatable bonds is 0. The molecule has 3 aliphatic rings. The predicted molar refractivity (Wildman–Crippen MR) is 60.8 cm³/mol. The molecule has 0 aliphatic carbocycles. The summed E-state index contributed by atoms with van der Waals surface area (Å²) in [5, 5.41) is 0. The highest BCUT2D eigenvalue weighted by atomic mass is 17.4. The molecule has 0 aromatic carbocycles. The second-order valence-electron chi connectivity index (χ2n) is 5.06.